The quantitative estimate of drug-likeness (QED) is 0.477. The molecule has 2 heterocycles. The van der Waals surface area contributed by atoms with Gasteiger partial charge in [0.1, 0.15) is 11.4 Å². The highest BCUT2D eigenvalue weighted by Gasteiger charge is 2.41. The van der Waals surface area contributed by atoms with Crippen molar-refractivity contribution in [2.45, 2.75) is 43.4 Å². The number of aromatic nitrogens is 1. The van der Waals surface area contributed by atoms with Gasteiger partial charge in [-0.15, -0.1) is 0 Å². The lowest BCUT2D eigenvalue weighted by Gasteiger charge is -2.43. The predicted molar refractivity (Wildman–Crippen MR) is 134 cm³/mol. The molecule has 0 spiro atoms. The fourth-order valence-corrected chi connectivity index (χ4v) is 4.84. The number of halogens is 2. The molecule has 1 saturated heterocycles. The van der Waals surface area contributed by atoms with Crippen LogP contribution in [0.4, 0.5) is 0 Å². The smallest absolute Gasteiger partial charge is 0.270 e. The Morgan fingerprint density at radius 3 is 2.38 bits per heavy atom. The van der Waals surface area contributed by atoms with E-state index >= 15 is 0 Å². The fraction of sp³-hybridized carbons (Fsp3) is 0.385. The second-order valence-corrected chi connectivity index (χ2v) is 10.0. The molecule has 0 radical (unpaired) electrons. The molecule has 1 aromatic heterocycles. The van der Waals surface area contributed by atoms with Crippen molar-refractivity contribution in [1.82, 2.24) is 15.6 Å². The predicted octanol–water partition coefficient (Wildman–Crippen LogP) is 5.02. The first kappa shape index (κ1) is 23.4. The average Bonchev–Trinajstić information content (AvgIpc) is 2.82. The summed E-state index contributed by atoms with van der Waals surface area (Å²) in [6.07, 6.45) is 3.83. The standard InChI is InChI=1S/C26H27Cl2N3O3/c27-18-2-9-22(10-3-18)34-26(15-33-16-26)14-29-20-5-7-21(8-6-20)30-25(32)24-11-1-17-13-19(28)4-12-23(17)31-24/h1-4,9-13,20-21,29H,5-8,14-16H2,(H,30,32)/t20-,21-. The highest BCUT2D eigenvalue weighted by Crippen LogP contribution is 2.27. The molecule has 0 bridgehead atoms. The van der Waals surface area contributed by atoms with Crippen LogP contribution in [-0.4, -0.2) is 48.3 Å². The summed E-state index contributed by atoms with van der Waals surface area (Å²) in [6, 6.07) is 17.1. The van der Waals surface area contributed by atoms with Crippen LogP contribution in [0.3, 0.4) is 0 Å². The van der Waals surface area contributed by atoms with Gasteiger partial charge in [-0.3, -0.25) is 4.79 Å². The van der Waals surface area contributed by atoms with Crippen LogP contribution in [0.5, 0.6) is 5.75 Å². The molecular formula is C26H27Cl2N3O3. The Morgan fingerprint density at radius 2 is 1.68 bits per heavy atom. The van der Waals surface area contributed by atoms with Crippen molar-refractivity contribution >= 4 is 40.0 Å². The van der Waals surface area contributed by atoms with Gasteiger partial charge >= 0.3 is 0 Å². The highest BCUT2D eigenvalue weighted by atomic mass is 35.5. The second-order valence-electron chi connectivity index (χ2n) is 9.17. The number of carbonyl (C=O) groups is 1. The van der Waals surface area contributed by atoms with E-state index in [9.17, 15) is 4.79 Å². The molecular weight excluding hydrogens is 473 g/mol. The molecule has 5 rings (SSSR count). The largest absolute Gasteiger partial charge is 0.481 e. The van der Waals surface area contributed by atoms with E-state index in [1.54, 1.807) is 12.1 Å². The Bertz CT molecular complexity index is 1160. The molecule has 34 heavy (non-hydrogen) atoms. The SMILES string of the molecule is O=C(N[C@H]1CC[C@H](NCC2(Oc3ccc(Cl)cc3)COC2)CC1)c1ccc2cc(Cl)ccc2n1. The van der Waals surface area contributed by atoms with Crippen LogP contribution in [0.15, 0.2) is 54.6 Å². The summed E-state index contributed by atoms with van der Waals surface area (Å²) >= 11 is 12.0. The van der Waals surface area contributed by atoms with Crippen molar-refractivity contribution in [3.63, 3.8) is 0 Å². The lowest BCUT2D eigenvalue weighted by Crippen LogP contribution is -2.61. The first-order valence-corrected chi connectivity index (χ1v) is 12.4. The zero-order valence-corrected chi connectivity index (χ0v) is 20.2. The van der Waals surface area contributed by atoms with Crippen molar-refractivity contribution < 1.29 is 14.3 Å². The maximum atomic E-state index is 12.7. The van der Waals surface area contributed by atoms with Gasteiger partial charge in [0.25, 0.3) is 5.91 Å². The number of nitrogens with one attached hydrogen (secondary N) is 2. The maximum absolute atomic E-state index is 12.7. The number of rotatable bonds is 7. The summed E-state index contributed by atoms with van der Waals surface area (Å²) in [7, 11) is 0. The molecule has 1 aliphatic heterocycles. The number of amides is 1. The fourth-order valence-electron chi connectivity index (χ4n) is 4.53. The van der Waals surface area contributed by atoms with Gasteiger partial charge in [0.05, 0.1) is 18.7 Å². The molecule has 2 aromatic carbocycles. The monoisotopic (exact) mass is 499 g/mol. The van der Waals surface area contributed by atoms with Gasteiger partial charge in [-0.2, -0.15) is 0 Å². The van der Waals surface area contributed by atoms with Gasteiger partial charge in [-0.25, -0.2) is 4.98 Å². The van der Waals surface area contributed by atoms with Crippen LogP contribution in [0.1, 0.15) is 36.2 Å². The molecule has 1 aliphatic carbocycles. The molecule has 2 N–H and O–H groups in total. The number of pyridine rings is 1. The van der Waals surface area contributed by atoms with Crippen LogP contribution in [-0.2, 0) is 4.74 Å². The van der Waals surface area contributed by atoms with Gasteiger partial charge in [-0.05, 0) is 74.2 Å². The van der Waals surface area contributed by atoms with Crippen molar-refractivity contribution in [1.29, 1.82) is 0 Å². The Morgan fingerprint density at radius 1 is 0.971 bits per heavy atom. The number of nitrogens with zero attached hydrogens (tertiary/aromatic N) is 1. The molecule has 2 aliphatic rings. The summed E-state index contributed by atoms with van der Waals surface area (Å²) in [6.45, 7) is 1.86. The molecule has 0 atom stereocenters. The first-order valence-electron chi connectivity index (χ1n) is 11.6. The Balaban J connectivity index is 1.10. The Labute approximate surface area is 208 Å². The molecule has 0 unspecified atom stereocenters. The van der Waals surface area contributed by atoms with E-state index in [1.807, 2.05) is 42.5 Å². The third-order valence-corrected chi connectivity index (χ3v) is 7.02. The minimum Gasteiger partial charge on any atom is -0.481 e. The number of benzene rings is 2. The van der Waals surface area contributed by atoms with E-state index in [0.29, 0.717) is 35.0 Å². The van der Waals surface area contributed by atoms with E-state index < -0.39 is 0 Å². The zero-order chi connectivity index (χ0) is 23.5. The van der Waals surface area contributed by atoms with Crippen molar-refractivity contribution in [2.24, 2.45) is 0 Å². The normalized spacial score (nSPS) is 21.6. The van der Waals surface area contributed by atoms with Gasteiger partial charge in [-0.1, -0.05) is 29.3 Å². The summed E-state index contributed by atoms with van der Waals surface area (Å²) in [5, 5.41) is 9.08. The topological polar surface area (TPSA) is 72.5 Å². The molecule has 6 nitrogen and oxygen atoms in total. The molecule has 2 fully saturated rings. The van der Waals surface area contributed by atoms with E-state index in [1.165, 1.54) is 0 Å². The summed E-state index contributed by atoms with van der Waals surface area (Å²) < 4.78 is 11.7. The lowest BCUT2D eigenvalue weighted by molar-refractivity contribution is -0.159. The molecule has 178 valence electrons. The van der Waals surface area contributed by atoms with Crippen molar-refractivity contribution in [3.05, 3.63) is 70.3 Å². The van der Waals surface area contributed by atoms with Gasteiger partial charge < -0.3 is 20.1 Å². The summed E-state index contributed by atoms with van der Waals surface area (Å²) in [4.78, 5) is 17.2. The minimum atomic E-state index is -0.342. The van der Waals surface area contributed by atoms with Crippen LogP contribution in [0.2, 0.25) is 10.0 Å². The van der Waals surface area contributed by atoms with E-state index in [0.717, 1.165) is 48.9 Å². The van der Waals surface area contributed by atoms with Crippen LogP contribution >= 0.6 is 23.2 Å². The van der Waals surface area contributed by atoms with E-state index in [2.05, 4.69) is 15.6 Å². The first-order chi connectivity index (χ1) is 16.5. The van der Waals surface area contributed by atoms with E-state index in [4.69, 9.17) is 32.7 Å². The number of carbonyl (C=O) groups excluding carboxylic acids is 1. The third kappa shape index (κ3) is 5.47. The Kier molecular flexibility index (Phi) is 6.93. The van der Waals surface area contributed by atoms with Crippen LogP contribution in [0.25, 0.3) is 10.9 Å². The molecule has 8 heteroatoms. The lowest BCUT2D eigenvalue weighted by atomic mass is 9.90. The highest BCUT2D eigenvalue weighted by molar-refractivity contribution is 6.31. The molecule has 1 saturated carbocycles. The minimum absolute atomic E-state index is 0.129. The van der Waals surface area contributed by atoms with Gasteiger partial charge in [0, 0.05) is 34.1 Å². The van der Waals surface area contributed by atoms with Crippen LogP contribution in [0, 0.1) is 0 Å². The molecule has 1 amide bonds. The number of hydrogen-bond donors (Lipinski definition) is 2. The Hall–Kier alpha value is -2.38. The number of ether oxygens (including phenoxy) is 2. The van der Waals surface area contributed by atoms with Crippen molar-refractivity contribution in [2.75, 3.05) is 19.8 Å². The van der Waals surface area contributed by atoms with Gasteiger partial charge in [0.2, 0.25) is 0 Å². The summed E-state index contributed by atoms with van der Waals surface area (Å²) in [5.41, 5.74) is 0.853. The van der Waals surface area contributed by atoms with Crippen LogP contribution < -0.4 is 15.4 Å². The number of hydrogen-bond acceptors (Lipinski definition) is 5. The average molecular weight is 500 g/mol. The van der Waals surface area contributed by atoms with Crippen molar-refractivity contribution in [3.8, 4) is 5.75 Å². The second kappa shape index (κ2) is 10.1. The van der Waals surface area contributed by atoms with Gasteiger partial charge in [0.15, 0.2) is 5.60 Å². The zero-order valence-electron chi connectivity index (χ0n) is 18.7. The van der Waals surface area contributed by atoms with E-state index in [-0.39, 0.29) is 17.6 Å². The summed E-state index contributed by atoms with van der Waals surface area (Å²) in [5.74, 6) is 0.668. The number of fused-ring (bicyclic) bond motifs is 1. The maximum Gasteiger partial charge on any atom is 0.270 e. The third-order valence-electron chi connectivity index (χ3n) is 6.54. The molecule has 3 aromatic rings.